The Bertz CT molecular complexity index is 729. The van der Waals surface area contributed by atoms with Gasteiger partial charge in [0, 0.05) is 18.2 Å². The van der Waals surface area contributed by atoms with E-state index in [9.17, 15) is 8.42 Å². The molecule has 2 aromatic rings. The summed E-state index contributed by atoms with van der Waals surface area (Å²) in [4.78, 5) is 7.96. The number of nitrogens with zero attached hydrogens (tertiary/aromatic N) is 1. The van der Waals surface area contributed by atoms with Gasteiger partial charge in [0.15, 0.2) is 9.84 Å². The second kappa shape index (κ2) is 4.05. The highest BCUT2D eigenvalue weighted by atomic mass is 32.2. The first-order valence-corrected chi connectivity index (χ1v) is 8.23. The van der Waals surface area contributed by atoms with Crippen molar-refractivity contribution in [3.05, 3.63) is 24.0 Å². The van der Waals surface area contributed by atoms with Crippen molar-refractivity contribution in [1.29, 1.82) is 0 Å². The molecular formula is C13H17N3O2S. The van der Waals surface area contributed by atoms with Crippen LogP contribution >= 0.6 is 0 Å². The number of nitrogens with one attached hydrogen (secondary N) is 1. The van der Waals surface area contributed by atoms with Crippen LogP contribution in [0.3, 0.4) is 0 Å². The minimum atomic E-state index is -3.19. The molecule has 0 amide bonds. The molecule has 0 saturated heterocycles. The molecule has 1 fully saturated rings. The lowest BCUT2D eigenvalue weighted by Crippen LogP contribution is -2.48. The van der Waals surface area contributed by atoms with Crippen LogP contribution in [-0.4, -0.2) is 30.2 Å². The molecule has 1 saturated carbocycles. The van der Waals surface area contributed by atoms with Crippen molar-refractivity contribution in [2.75, 3.05) is 6.26 Å². The molecule has 3 N–H and O–H groups in total. The average Bonchev–Trinajstić information content (AvgIpc) is 2.66. The van der Waals surface area contributed by atoms with Crippen molar-refractivity contribution in [2.24, 2.45) is 5.73 Å². The summed E-state index contributed by atoms with van der Waals surface area (Å²) in [6, 6.07) is 4.95. The molecule has 0 unspecified atom stereocenters. The summed E-state index contributed by atoms with van der Waals surface area (Å²) in [5, 5.41) is 0. The molecule has 0 bridgehead atoms. The van der Waals surface area contributed by atoms with E-state index in [4.69, 9.17) is 5.73 Å². The molecule has 102 valence electrons. The molecule has 0 radical (unpaired) electrons. The molecule has 5 nitrogen and oxygen atoms in total. The topological polar surface area (TPSA) is 88.8 Å². The standard InChI is InChI=1S/C13H17N3O2S/c1-19(17,18)9-3-4-10-11(7-9)16-12(15-10)8-13(14)5-2-6-13/h3-4,7H,2,5-6,8,14H2,1H3,(H,15,16). The number of aromatic nitrogens is 2. The van der Waals surface area contributed by atoms with Gasteiger partial charge in [0.05, 0.1) is 15.9 Å². The van der Waals surface area contributed by atoms with Crippen molar-refractivity contribution in [2.45, 2.75) is 36.1 Å². The first kappa shape index (κ1) is 12.6. The number of sulfone groups is 1. The molecule has 1 aliphatic carbocycles. The van der Waals surface area contributed by atoms with Crippen LogP contribution in [0, 0.1) is 0 Å². The van der Waals surface area contributed by atoms with Crippen molar-refractivity contribution >= 4 is 20.9 Å². The van der Waals surface area contributed by atoms with E-state index in [0.29, 0.717) is 4.90 Å². The Morgan fingerprint density at radius 1 is 1.42 bits per heavy atom. The Morgan fingerprint density at radius 3 is 2.74 bits per heavy atom. The molecule has 0 spiro atoms. The third-order valence-corrected chi connectivity index (χ3v) is 4.91. The molecule has 19 heavy (non-hydrogen) atoms. The minimum absolute atomic E-state index is 0.131. The smallest absolute Gasteiger partial charge is 0.175 e. The lowest BCUT2D eigenvalue weighted by atomic mass is 9.75. The number of benzene rings is 1. The van der Waals surface area contributed by atoms with Gasteiger partial charge in [-0.2, -0.15) is 0 Å². The Kier molecular flexibility index (Phi) is 2.69. The van der Waals surface area contributed by atoms with Gasteiger partial charge in [-0.15, -0.1) is 0 Å². The fourth-order valence-electron chi connectivity index (χ4n) is 2.50. The minimum Gasteiger partial charge on any atom is -0.342 e. The largest absolute Gasteiger partial charge is 0.342 e. The Labute approximate surface area is 112 Å². The van der Waals surface area contributed by atoms with Crippen molar-refractivity contribution in [3.63, 3.8) is 0 Å². The van der Waals surface area contributed by atoms with Crippen LogP contribution in [-0.2, 0) is 16.3 Å². The number of imidazole rings is 1. The highest BCUT2D eigenvalue weighted by molar-refractivity contribution is 7.90. The SMILES string of the molecule is CS(=O)(=O)c1ccc2nc(CC3(N)CCC3)[nH]c2c1. The zero-order valence-electron chi connectivity index (χ0n) is 10.8. The van der Waals surface area contributed by atoms with Crippen molar-refractivity contribution < 1.29 is 8.42 Å². The van der Waals surface area contributed by atoms with Crippen LogP contribution < -0.4 is 5.73 Å². The van der Waals surface area contributed by atoms with E-state index >= 15 is 0 Å². The van der Waals surface area contributed by atoms with E-state index in [-0.39, 0.29) is 5.54 Å². The van der Waals surface area contributed by atoms with Gasteiger partial charge >= 0.3 is 0 Å². The fraction of sp³-hybridized carbons (Fsp3) is 0.462. The monoisotopic (exact) mass is 279 g/mol. The van der Waals surface area contributed by atoms with Crippen LogP contribution in [0.5, 0.6) is 0 Å². The van der Waals surface area contributed by atoms with Gasteiger partial charge in [-0.05, 0) is 37.5 Å². The molecular weight excluding hydrogens is 262 g/mol. The third kappa shape index (κ3) is 2.37. The lowest BCUT2D eigenvalue weighted by molar-refractivity contribution is 0.244. The van der Waals surface area contributed by atoms with Crippen molar-refractivity contribution in [3.8, 4) is 0 Å². The number of fused-ring (bicyclic) bond motifs is 1. The number of hydrogen-bond donors (Lipinski definition) is 2. The van der Waals surface area contributed by atoms with Gasteiger partial charge < -0.3 is 10.7 Å². The Morgan fingerprint density at radius 2 is 2.16 bits per heavy atom. The van der Waals surface area contributed by atoms with Crippen LogP contribution in [0.1, 0.15) is 25.1 Å². The molecule has 6 heteroatoms. The summed E-state index contributed by atoms with van der Waals surface area (Å²) < 4.78 is 23.0. The highest BCUT2D eigenvalue weighted by Gasteiger charge is 2.33. The predicted octanol–water partition coefficient (Wildman–Crippen LogP) is 1.39. The molecule has 0 aliphatic heterocycles. The van der Waals surface area contributed by atoms with Gasteiger partial charge in [0.1, 0.15) is 5.82 Å². The molecule has 3 rings (SSSR count). The summed E-state index contributed by atoms with van der Waals surface area (Å²) in [6.07, 6.45) is 5.15. The van der Waals surface area contributed by atoms with Gasteiger partial charge in [-0.25, -0.2) is 13.4 Å². The van der Waals surface area contributed by atoms with Crippen LogP contribution in [0.25, 0.3) is 11.0 Å². The number of H-pyrrole nitrogens is 1. The maximum Gasteiger partial charge on any atom is 0.175 e. The van der Waals surface area contributed by atoms with Crippen LogP contribution in [0.2, 0.25) is 0 Å². The van der Waals surface area contributed by atoms with E-state index in [1.54, 1.807) is 18.2 Å². The summed E-state index contributed by atoms with van der Waals surface area (Å²) in [5.74, 6) is 0.836. The molecule has 1 aromatic carbocycles. The fourth-order valence-corrected chi connectivity index (χ4v) is 3.14. The molecule has 0 atom stereocenters. The van der Waals surface area contributed by atoms with E-state index in [1.165, 1.54) is 12.7 Å². The second-order valence-corrected chi connectivity index (χ2v) is 7.54. The maximum atomic E-state index is 11.5. The lowest BCUT2D eigenvalue weighted by Gasteiger charge is -2.37. The first-order chi connectivity index (χ1) is 8.86. The zero-order chi connectivity index (χ0) is 13.7. The average molecular weight is 279 g/mol. The molecule has 1 aliphatic rings. The summed E-state index contributed by atoms with van der Waals surface area (Å²) in [7, 11) is -3.19. The van der Waals surface area contributed by atoms with Gasteiger partial charge in [-0.1, -0.05) is 0 Å². The summed E-state index contributed by atoms with van der Waals surface area (Å²) in [5.41, 5.74) is 7.60. The van der Waals surface area contributed by atoms with Crippen LogP contribution in [0.4, 0.5) is 0 Å². The molecule has 1 aromatic heterocycles. The molecule has 1 heterocycles. The quantitative estimate of drug-likeness (QED) is 0.888. The van der Waals surface area contributed by atoms with Gasteiger partial charge in [-0.3, -0.25) is 0 Å². The maximum absolute atomic E-state index is 11.5. The zero-order valence-corrected chi connectivity index (χ0v) is 11.6. The van der Waals surface area contributed by atoms with E-state index in [1.807, 2.05) is 0 Å². The van der Waals surface area contributed by atoms with Crippen LogP contribution in [0.15, 0.2) is 23.1 Å². The van der Waals surface area contributed by atoms with E-state index < -0.39 is 9.84 Å². The number of hydrogen-bond acceptors (Lipinski definition) is 4. The Balaban J connectivity index is 1.97. The second-order valence-electron chi connectivity index (χ2n) is 5.53. The number of nitrogens with two attached hydrogens (primary N) is 1. The summed E-state index contributed by atoms with van der Waals surface area (Å²) >= 11 is 0. The van der Waals surface area contributed by atoms with Gasteiger partial charge in [0.2, 0.25) is 0 Å². The summed E-state index contributed by atoms with van der Waals surface area (Å²) in [6.45, 7) is 0. The predicted molar refractivity (Wildman–Crippen MR) is 73.7 cm³/mol. The highest BCUT2D eigenvalue weighted by Crippen LogP contribution is 2.32. The van der Waals surface area contributed by atoms with Crippen molar-refractivity contribution in [1.82, 2.24) is 9.97 Å². The Hall–Kier alpha value is -1.40. The number of rotatable bonds is 3. The van der Waals surface area contributed by atoms with Gasteiger partial charge in [0.25, 0.3) is 0 Å². The number of aromatic amines is 1. The first-order valence-electron chi connectivity index (χ1n) is 6.33. The third-order valence-electron chi connectivity index (χ3n) is 3.80. The normalized spacial score (nSPS) is 18.4. The van der Waals surface area contributed by atoms with E-state index in [0.717, 1.165) is 36.1 Å². The van der Waals surface area contributed by atoms with E-state index in [2.05, 4.69) is 9.97 Å².